The van der Waals surface area contributed by atoms with Crippen molar-refractivity contribution in [3.63, 3.8) is 0 Å². The Hall–Kier alpha value is -0.920. The van der Waals surface area contributed by atoms with Gasteiger partial charge >= 0.3 is 0 Å². The van der Waals surface area contributed by atoms with Crippen LogP contribution in [0.1, 0.15) is 44.1 Å². The number of aromatic nitrogens is 1. The van der Waals surface area contributed by atoms with Crippen molar-refractivity contribution in [3.8, 4) is 0 Å². The summed E-state index contributed by atoms with van der Waals surface area (Å²) in [5.74, 6) is 0.855. The number of aryl methyl sites for hydroxylation is 2. The molecule has 0 saturated heterocycles. The fraction of sp³-hybridized carbons (Fsp3) is 0.769. The number of rotatable bonds is 4. The molecule has 0 bridgehead atoms. The van der Waals surface area contributed by atoms with Crippen LogP contribution < -0.4 is 4.72 Å². The molecule has 0 aliphatic heterocycles. The molecule has 20 heavy (non-hydrogen) atoms. The van der Waals surface area contributed by atoms with Gasteiger partial charge in [-0.3, -0.25) is 0 Å². The Balaban J connectivity index is 2.07. The zero-order chi connectivity index (χ0) is 15.0. The highest BCUT2D eigenvalue weighted by Crippen LogP contribution is 2.31. The summed E-state index contributed by atoms with van der Waals surface area (Å²) >= 11 is 0. The van der Waals surface area contributed by atoms with Gasteiger partial charge in [0, 0.05) is 6.54 Å². The van der Waals surface area contributed by atoms with Crippen LogP contribution in [0.4, 0.5) is 0 Å². The molecule has 2 N–H and O–H groups in total. The minimum absolute atomic E-state index is 0.0338. The van der Waals surface area contributed by atoms with Crippen molar-refractivity contribution in [2.24, 2.45) is 5.92 Å². The summed E-state index contributed by atoms with van der Waals surface area (Å²) in [6.45, 7) is 5.33. The molecule has 0 spiro atoms. The second-order valence-corrected chi connectivity index (χ2v) is 7.59. The van der Waals surface area contributed by atoms with Crippen LogP contribution in [0.5, 0.6) is 0 Å². The maximum absolute atomic E-state index is 12.3. The lowest BCUT2D eigenvalue weighted by molar-refractivity contribution is -0.00183. The van der Waals surface area contributed by atoms with Crippen molar-refractivity contribution in [3.05, 3.63) is 11.5 Å². The third-order valence-corrected chi connectivity index (χ3v) is 5.68. The van der Waals surface area contributed by atoms with Crippen molar-refractivity contribution in [2.45, 2.75) is 57.0 Å². The van der Waals surface area contributed by atoms with Gasteiger partial charge in [0.2, 0.25) is 10.0 Å². The molecule has 1 aromatic rings. The van der Waals surface area contributed by atoms with Crippen LogP contribution in [0.25, 0.3) is 0 Å². The van der Waals surface area contributed by atoms with E-state index in [2.05, 4.69) is 16.8 Å². The fourth-order valence-electron chi connectivity index (χ4n) is 2.64. The molecule has 1 aliphatic rings. The highest BCUT2D eigenvalue weighted by atomic mass is 32.2. The van der Waals surface area contributed by atoms with Crippen molar-refractivity contribution in [1.29, 1.82) is 0 Å². The van der Waals surface area contributed by atoms with Crippen molar-refractivity contribution >= 4 is 10.0 Å². The highest BCUT2D eigenvalue weighted by Gasteiger charge is 2.34. The molecule has 1 fully saturated rings. The summed E-state index contributed by atoms with van der Waals surface area (Å²) in [4.78, 5) is 0.0743. The van der Waals surface area contributed by atoms with Crippen LogP contribution in [-0.2, 0) is 10.0 Å². The summed E-state index contributed by atoms with van der Waals surface area (Å²) < 4.78 is 31.9. The number of sulfonamides is 1. The molecule has 1 heterocycles. The number of aliphatic hydroxyl groups is 1. The number of hydrogen-bond donors (Lipinski definition) is 2. The second kappa shape index (κ2) is 5.46. The Kier molecular flexibility index (Phi) is 4.22. The van der Waals surface area contributed by atoms with Gasteiger partial charge in [0.25, 0.3) is 0 Å². The van der Waals surface area contributed by atoms with E-state index in [9.17, 15) is 13.5 Å². The number of hydrogen-bond acceptors (Lipinski definition) is 5. The van der Waals surface area contributed by atoms with Crippen molar-refractivity contribution in [2.75, 3.05) is 6.54 Å². The molecule has 0 aromatic carbocycles. The molecule has 0 atom stereocenters. The number of nitrogens with one attached hydrogen (secondary N) is 1. The van der Waals surface area contributed by atoms with Gasteiger partial charge in [-0.2, -0.15) is 0 Å². The van der Waals surface area contributed by atoms with Gasteiger partial charge in [-0.25, -0.2) is 13.1 Å². The normalized spacial score (nSPS) is 27.7. The van der Waals surface area contributed by atoms with E-state index in [0.717, 1.165) is 12.8 Å². The Morgan fingerprint density at radius 2 is 2.00 bits per heavy atom. The van der Waals surface area contributed by atoms with Crippen LogP contribution in [0.15, 0.2) is 9.42 Å². The minimum atomic E-state index is -3.70. The minimum Gasteiger partial charge on any atom is -0.389 e. The van der Waals surface area contributed by atoms with E-state index in [1.165, 1.54) is 0 Å². The Morgan fingerprint density at radius 3 is 2.50 bits per heavy atom. The second-order valence-electron chi connectivity index (χ2n) is 5.88. The average Bonchev–Trinajstić information content (AvgIpc) is 2.72. The van der Waals surface area contributed by atoms with Crippen LogP contribution in [0.2, 0.25) is 0 Å². The summed E-state index contributed by atoms with van der Waals surface area (Å²) in [5.41, 5.74) is -0.613. The maximum atomic E-state index is 12.3. The average molecular weight is 302 g/mol. The molecular formula is C13H22N2O4S. The Labute approximate surface area is 119 Å². The van der Waals surface area contributed by atoms with E-state index in [4.69, 9.17) is 4.52 Å². The van der Waals surface area contributed by atoms with Gasteiger partial charge in [0.15, 0.2) is 5.76 Å². The lowest BCUT2D eigenvalue weighted by Crippen LogP contribution is -2.45. The Morgan fingerprint density at radius 1 is 1.40 bits per heavy atom. The van der Waals surface area contributed by atoms with Gasteiger partial charge in [0.05, 0.1) is 5.60 Å². The van der Waals surface area contributed by atoms with Gasteiger partial charge in [-0.05, 0) is 45.4 Å². The van der Waals surface area contributed by atoms with E-state index < -0.39 is 15.6 Å². The molecule has 2 rings (SSSR count). The maximum Gasteiger partial charge on any atom is 0.246 e. The predicted octanol–water partition coefficient (Wildman–Crippen LogP) is 1.51. The zero-order valence-electron chi connectivity index (χ0n) is 12.1. The number of nitrogens with zero attached hydrogens (tertiary/aromatic N) is 1. The predicted molar refractivity (Wildman–Crippen MR) is 73.7 cm³/mol. The first-order valence-electron chi connectivity index (χ1n) is 6.88. The quantitative estimate of drug-likeness (QED) is 0.879. The third-order valence-electron chi connectivity index (χ3n) is 4.03. The van der Waals surface area contributed by atoms with Gasteiger partial charge < -0.3 is 9.63 Å². The molecule has 1 saturated carbocycles. The summed E-state index contributed by atoms with van der Waals surface area (Å²) in [6.07, 6.45) is 3.09. The van der Waals surface area contributed by atoms with Gasteiger partial charge in [0.1, 0.15) is 10.6 Å². The van der Waals surface area contributed by atoms with Crippen molar-refractivity contribution in [1.82, 2.24) is 9.88 Å². The van der Waals surface area contributed by atoms with Crippen LogP contribution in [-0.4, -0.2) is 30.8 Å². The molecule has 7 heteroatoms. The topological polar surface area (TPSA) is 92.4 Å². The first-order chi connectivity index (χ1) is 9.23. The molecule has 6 nitrogen and oxygen atoms in total. The van der Waals surface area contributed by atoms with Gasteiger partial charge in [-0.1, -0.05) is 12.1 Å². The van der Waals surface area contributed by atoms with E-state index in [0.29, 0.717) is 24.5 Å². The van der Waals surface area contributed by atoms with E-state index in [1.807, 2.05) is 0 Å². The van der Waals surface area contributed by atoms with Gasteiger partial charge in [-0.15, -0.1) is 0 Å². The monoisotopic (exact) mass is 302 g/mol. The summed E-state index contributed by atoms with van der Waals surface area (Å²) in [7, 11) is -3.70. The standard InChI is InChI=1S/C13H22N2O4S/c1-9-4-6-13(16,7-5-9)8-14-20(17,18)12-10(2)15-19-11(12)3/h9,14,16H,4-8H2,1-3H3. The molecule has 1 aliphatic carbocycles. The molecule has 114 valence electrons. The lowest BCUT2D eigenvalue weighted by Gasteiger charge is -2.34. The largest absolute Gasteiger partial charge is 0.389 e. The molecule has 0 amide bonds. The molecule has 0 unspecified atom stereocenters. The van der Waals surface area contributed by atoms with E-state index in [1.54, 1.807) is 13.8 Å². The van der Waals surface area contributed by atoms with Crippen LogP contribution >= 0.6 is 0 Å². The van der Waals surface area contributed by atoms with Crippen molar-refractivity contribution < 1.29 is 18.0 Å². The zero-order valence-corrected chi connectivity index (χ0v) is 13.0. The van der Waals surface area contributed by atoms with E-state index in [-0.39, 0.29) is 17.2 Å². The molecular weight excluding hydrogens is 280 g/mol. The van der Waals surface area contributed by atoms with E-state index >= 15 is 0 Å². The highest BCUT2D eigenvalue weighted by molar-refractivity contribution is 7.89. The lowest BCUT2D eigenvalue weighted by atomic mass is 9.80. The smallest absolute Gasteiger partial charge is 0.246 e. The summed E-state index contributed by atoms with van der Waals surface area (Å²) in [5, 5.41) is 14.1. The Bertz CT molecular complexity index is 552. The van der Waals surface area contributed by atoms with Crippen LogP contribution in [0, 0.1) is 19.8 Å². The SMILES string of the molecule is Cc1noc(C)c1S(=O)(=O)NCC1(O)CCC(C)CC1. The fourth-order valence-corrected chi connectivity index (χ4v) is 4.08. The van der Waals surface area contributed by atoms with Crippen LogP contribution in [0.3, 0.4) is 0 Å². The molecule has 0 radical (unpaired) electrons. The first-order valence-corrected chi connectivity index (χ1v) is 8.37. The summed E-state index contributed by atoms with van der Waals surface area (Å²) in [6, 6.07) is 0. The first kappa shape index (κ1) is 15.5. The molecule has 1 aromatic heterocycles. The third kappa shape index (κ3) is 3.21.